The number of nitrogens with one attached hydrogen (secondary N) is 2. The van der Waals surface area contributed by atoms with Gasteiger partial charge in [0.15, 0.2) is 5.82 Å². The van der Waals surface area contributed by atoms with Crippen LogP contribution in [0, 0.1) is 12.7 Å². The molecule has 0 fully saturated rings. The monoisotopic (exact) mass is 328 g/mol. The number of halogens is 1. The lowest BCUT2D eigenvalue weighted by atomic mass is 10.0. The van der Waals surface area contributed by atoms with Crippen LogP contribution in [-0.4, -0.2) is 21.0 Å². The molecule has 0 aliphatic rings. The summed E-state index contributed by atoms with van der Waals surface area (Å²) >= 11 is 0. The second-order valence-electron chi connectivity index (χ2n) is 5.04. The van der Waals surface area contributed by atoms with E-state index in [2.05, 4.69) is 20.4 Å². The van der Waals surface area contributed by atoms with Gasteiger partial charge in [-0.05, 0) is 12.1 Å². The molecule has 1 aromatic carbocycles. The average molecular weight is 328 g/mol. The minimum absolute atomic E-state index is 0.135. The van der Waals surface area contributed by atoms with Crippen LogP contribution in [0.3, 0.4) is 0 Å². The fourth-order valence-corrected chi connectivity index (χ4v) is 2.19. The second kappa shape index (κ2) is 6.45. The third-order valence-corrected chi connectivity index (χ3v) is 3.34. The maximum Gasteiger partial charge on any atom is 0.253 e. The molecule has 2 aromatic heterocycles. The SMILES string of the molecule is Cc1nc([C@H](NC(=O)c2ccc(=O)[nH]c2)c2ccccc2F)no1. The first-order valence-electron chi connectivity index (χ1n) is 7.09. The van der Waals surface area contributed by atoms with Crippen LogP contribution in [0.1, 0.15) is 33.7 Å². The standard InChI is InChI=1S/C16H13FN4O3/c1-9-19-15(21-24-9)14(11-4-2-3-5-12(11)17)20-16(23)10-6-7-13(22)18-8-10/h2-8,14H,1H3,(H,18,22)(H,20,23)/t14-/m1/s1. The minimum atomic E-state index is -0.928. The average Bonchev–Trinajstić information content (AvgIpc) is 3.00. The number of hydrogen-bond donors (Lipinski definition) is 2. The molecule has 24 heavy (non-hydrogen) atoms. The van der Waals surface area contributed by atoms with Crippen LogP contribution in [0.2, 0.25) is 0 Å². The summed E-state index contributed by atoms with van der Waals surface area (Å²) in [5, 5.41) is 6.42. The molecule has 0 spiro atoms. The first-order chi connectivity index (χ1) is 11.5. The molecular weight excluding hydrogens is 315 g/mol. The first kappa shape index (κ1) is 15.6. The van der Waals surface area contributed by atoms with Crippen molar-refractivity contribution in [1.29, 1.82) is 0 Å². The highest BCUT2D eigenvalue weighted by molar-refractivity contribution is 5.94. The highest BCUT2D eigenvalue weighted by atomic mass is 19.1. The highest BCUT2D eigenvalue weighted by Gasteiger charge is 2.25. The largest absolute Gasteiger partial charge is 0.340 e. The van der Waals surface area contributed by atoms with Crippen LogP contribution in [-0.2, 0) is 0 Å². The molecule has 2 heterocycles. The smallest absolute Gasteiger partial charge is 0.253 e. The van der Waals surface area contributed by atoms with E-state index < -0.39 is 17.8 Å². The number of amides is 1. The number of rotatable bonds is 4. The van der Waals surface area contributed by atoms with Gasteiger partial charge >= 0.3 is 0 Å². The Balaban J connectivity index is 1.96. The molecule has 122 valence electrons. The Morgan fingerprint density at radius 1 is 1.29 bits per heavy atom. The lowest BCUT2D eigenvalue weighted by Gasteiger charge is -2.16. The molecule has 0 unspecified atom stereocenters. The zero-order valence-electron chi connectivity index (χ0n) is 12.6. The molecule has 1 amide bonds. The fourth-order valence-electron chi connectivity index (χ4n) is 2.19. The topological polar surface area (TPSA) is 101 Å². The zero-order chi connectivity index (χ0) is 17.1. The van der Waals surface area contributed by atoms with Crippen molar-refractivity contribution in [3.63, 3.8) is 0 Å². The number of pyridine rings is 1. The molecule has 0 aliphatic heterocycles. The number of carbonyl (C=O) groups excluding carboxylic acids is 1. The molecule has 8 heteroatoms. The van der Waals surface area contributed by atoms with Gasteiger partial charge in [0.05, 0.1) is 5.56 Å². The summed E-state index contributed by atoms with van der Waals surface area (Å²) in [6.45, 7) is 1.60. The summed E-state index contributed by atoms with van der Waals surface area (Å²) in [5.41, 5.74) is 0.0956. The Bertz CT molecular complexity index is 914. The first-order valence-corrected chi connectivity index (χ1v) is 7.09. The number of benzene rings is 1. The molecule has 1 atom stereocenters. The molecule has 0 radical (unpaired) electrons. The van der Waals surface area contributed by atoms with Crippen molar-refractivity contribution in [2.24, 2.45) is 0 Å². The normalized spacial score (nSPS) is 11.9. The zero-order valence-corrected chi connectivity index (χ0v) is 12.6. The number of aromatic amines is 1. The van der Waals surface area contributed by atoms with Gasteiger partial charge in [-0.3, -0.25) is 9.59 Å². The van der Waals surface area contributed by atoms with Crippen molar-refractivity contribution in [3.8, 4) is 0 Å². The van der Waals surface area contributed by atoms with E-state index in [9.17, 15) is 14.0 Å². The Labute approximate surface area is 135 Å². The molecule has 2 N–H and O–H groups in total. The molecule has 3 aromatic rings. The van der Waals surface area contributed by atoms with Gasteiger partial charge in [0.25, 0.3) is 5.91 Å². The van der Waals surface area contributed by atoms with E-state index in [1.807, 2.05) is 0 Å². The maximum absolute atomic E-state index is 14.2. The van der Waals surface area contributed by atoms with Crippen molar-refractivity contribution >= 4 is 5.91 Å². The Morgan fingerprint density at radius 3 is 2.71 bits per heavy atom. The predicted molar refractivity (Wildman–Crippen MR) is 81.8 cm³/mol. The van der Waals surface area contributed by atoms with Crippen molar-refractivity contribution in [2.45, 2.75) is 13.0 Å². The van der Waals surface area contributed by atoms with E-state index in [1.165, 1.54) is 30.5 Å². The highest BCUT2D eigenvalue weighted by Crippen LogP contribution is 2.22. The molecule has 0 saturated heterocycles. The van der Waals surface area contributed by atoms with Gasteiger partial charge < -0.3 is 14.8 Å². The van der Waals surface area contributed by atoms with Crippen LogP contribution in [0.25, 0.3) is 0 Å². The van der Waals surface area contributed by atoms with Crippen LogP contribution >= 0.6 is 0 Å². The minimum Gasteiger partial charge on any atom is -0.340 e. The van der Waals surface area contributed by atoms with Gasteiger partial charge in [-0.2, -0.15) is 4.98 Å². The Morgan fingerprint density at radius 2 is 2.08 bits per heavy atom. The van der Waals surface area contributed by atoms with E-state index in [1.54, 1.807) is 19.1 Å². The number of hydrogen-bond acceptors (Lipinski definition) is 5. The maximum atomic E-state index is 14.2. The molecule has 3 rings (SSSR count). The van der Waals surface area contributed by atoms with Crippen LogP contribution < -0.4 is 10.9 Å². The third-order valence-electron chi connectivity index (χ3n) is 3.34. The number of H-pyrrole nitrogens is 1. The van der Waals surface area contributed by atoms with Crippen LogP contribution in [0.4, 0.5) is 4.39 Å². The molecule has 0 bridgehead atoms. The van der Waals surface area contributed by atoms with Gasteiger partial charge in [-0.15, -0.1) is 0 Å². The summed E-state index contributed by atoms with van der Waals surface area (Å²) in [5.74, 6) is -0.589. The summed E-state index contributed by atoms with van der Waals surface area (Å²) in [4.78, 5) is 30.0. The Kier molecular flexibility index (Phi) is 4.19. The fraction of sp³-hybridized carbons (Fsp3) is 0.125. The van der Waals surface area contributed by atoms with Crippen LogP contribution in [0.5, 0.6) is 0 Å². The number of aryl methyl sites for hydroxylation is 1. The third kappa shape index (κ3) is 3.22. The molecule has 0 saturated carbocycles. The van der Waals surface area contributed by atoms with Gasteiger partial charge in [-0.25, -0.2) is 4.39 Å². The quantitative estimate of drug-likeness (QED) is 0.759. The van der Waals surface area contributed by atoms with Gasteiger partial charge in [0.1, 0.15) is 11.9 Å². The van der Waals surface area contributed by atoms with Crippen molar-refractivity contribution in [2.75, 3.05) is 0 Å². The lowest BCUT2D eigenvalue weighted by Crippen LogP contribution is -2.31. The predicted octanol–water partition coefficient (Wildman–Crippen LogP) is 1.72. The van der Waals surface area contributed by atoms with Gasteiger partial charge in [0, 0.05) is 24.8 Å². The number of aromatic nitrogens is 3. The molecule has 7 nitrogen and oxygen atoms in total. The summed E-state index contributed by atoms with van der Waals surface area (Å²) < 4.78 is 19.1. The van der Waals surface area contributed by atoms with Crippen molar-refractivity contribution in [1.82, 2.24) is 20.4 Å². The number of carbonyl (C=O) groups is 1. The van der Waals surface area contributed by atoms with Crippen LogP contribution in [0.15, 0.2) is 51.9 Å². The van der Waals surface area contributed by atoms with Crippen molar-refractivity contribution in [3.05, 3.63) is 81.6 Å². The number of nitrogens with zero attached hydrogens (tertiary/aromatic N) is 2. The summed E-state index contributed by atoms with van der Waals surface area (Å²) in [6.07, 6.45) is 1.28. The van der Waals surface area contributed by atoms with E-state index in [4.69, 9.17) is 4.52 Å². The van der Waals surface area contributed by atoms with Crippen molar-refractivity contribution < 1.29 is 13.7 Å². The van der Waals surface area contributed by atoms with E-state index in [0.29, 0.717) is 5.89 Å². The van der Waals surface area contributed by atoms with Gasteiger partial charge in [-0.1, -0.05) is 23.4 Å². The Hall–Kier alpha value is -3.29. The van der Waals surface area contributed by atoms with E-state index in [-0.39, 0.29) is 22.5 Å². The molecular formula is C16H13FN4O3. The summed E-state index contributed by atoms with van der Waals surface area (Å²) in [7, 11) is 0. The summed E-state index contributed by atoms with van der Waals surface area (Å²) in [6, 6.07) is 7.66. The van der Waals surface area contributed by atoms with E-state index >= 15 is 0 Å². The lowest BCUT2D eigenvalue weighted by molar-refractivity contribution is 0.0940. The van der Waals surface area contributed by atoms with E-state index in [0.717, 1.165) is 0 Å². The second-order valence-corrected chi connectivity index (χ2v) is 5.04. The van der Waals surface area contributed by atoms with Gasteiger partial charge in [0.2, 0.25) is 11.4 Å². The molecule has 0 aliphatic carbocycles.